The molecule has 2 N–H and O–H groups in total. The maximum Gasteiger partial charge on any atom is 0.260 e. The number of carbonyl (C=O) groups is 2. The van der Waals surface area contributed by atoms with Crippen LogP contribution < -0.4 is 10.5 Å². The Morgan fingerprint density at radius 1 is 1.35 bits per heavy atom. The number of nitrogens with two attached hydrogens (primary N) is 1. The summed E-state index contributed by atoms with van der Waals surface area (Å²) >= 11 is 0. The van der Waals surface area contributed by atoms with Gasteiger partial charge in [-0.05, 0) is 43.0 Å². The van der Waals surface area contributed by atoms with Gasteiger partial charge in [0.1, 0.15) is 5.75 Å². The number of primary amides is 1. The van der Waals surface area contributed by atoms with Crippen LogP contribution in [0.5, 0.6) is 5.75 Å². The summed E-state index contributed by atoms with van der Waals surface area (Å²) in [5, 5.41) is 0. The predicted molar refractivity (Wildman–Crippen MR) is 75.4 cm³/mol. The van der Waals surface area contributed by atoms with Crippen LogP contribution in [0.15, 0.2) is 24.3 Å². The van der Waals surface area contributed by atoms with E-state index in [1.807, 2.05) is 4.90 Å². The molecule has 5 heteroatoms. The van der Waals surface area contributed by atoms with Crippen LogP contribution in [0.25, 0.3) is 0 Å². The largest absolute Gasteiger partial charge is 0.484 e. The van der Waals surface area contributed by atoms with E-state index in [0.717, 1.165) is 19.5 Å². The van der Waals surface area contributed by atoms with Gasteiger partial charge in [-0.2, -0.15) is 0 Å². The Balaban J connectivity index is 1.85. The predicted octanol–water partition coefficient (Wildman–Crippen LogP) is 1.42. The second-order valence-corrected chi connectivity index (χ2v) is 5.26. The van der Waals surface area contributed by atoms with Crippen molar-refractivity contribution in [2.24, 2.45) is 11.7 Å². The maximum atomic E-state index is 12.0. The summed E-state index contributed by atoms with van der Waals surface area (Å²) in [6.45, 7) is 3.81. The number of piperidine rings is 1. The lowest BCUT2D eigenvalue weighted by atomic mass is 10.0. The molecule has 1 aliphatic heterocycles. The molecular weight excluding hydrogens is 256 g/mol. The highest BCUT2D eigenvalue weighted by Gasteiger charge is 2.21. The zero-order valence-corrected chi connectivity index (χ0v) is 11.7. The van der Waals surface area contributed by atoms with Crippen molar-refractivity contribution in [1.29, 1.82) is 0 Å². The van der Waals surface area contributed by atoms with E-state index in [0.29, 0.717) is 17.2 Å². The molecule has 0 radical (unpaired) electrons. The summed E-state index contributed by atoms with van der Waals surface area (Å²) < 4.78 is 5.45. The van der Waals surface area contributed by atoms with Crippen LogP contribution >= 0.6 is 0 Å². The first kappa shape index (κ1) is 14.4. The van der Waals surface area contributed by atoms with Crippen LogP contribution in [-0.2, 0) is 4.79 Å². The third-order valence-electron chi connectivity index (χ3n) is 3.51. The van der Waals surface area contributed by atoms with Crippen LogP contribution in [-0.4, -0.2) is 36.4 Å². The lowest BCUT2D eigenvalue weighted by molar-refractivity contribution is -0.135. The Bertz CT molecular complexity index is 484. The third kappa shape index (κ3) is 3.73. The molecule has 0 aromatic heterocycles. The van der Waals surface area contributed by atoms with Gasteiger partial charge in [0.2, 0.25) is 5.91 Å². The van der Waals surface area contributed by atoms with Crippen molar-refractivity contribution in [2.45, 2.75) is 19.8 Å². The fraction of sp³-hybridized carbons (Fsp3) is 0.467. The Hall–Kier alpha value is -2.04. The summed E-state index contributed by atoms with van der Waals surface area (Å²) in [5.41, 5.74) is 5.58. The molecule has 20 heavy (non-hydrogen) atoms. The fourth-order valence-corrected chi connectivity index (χ4v) is 2.37. The molecule has 1 aliphatic rings. The van der Waals surface area contributed by atoms with Gasteiger partial charge >= 0.3 is 0 Å². The Kier molecular flexibility index (Phi) is 4.61. The van der Waals surface area contributed by atoms with Gasteiger partial charge in [0, 0.05) is 18.7 Å². The number of hydrogen-bond donors (Lipinski definition) is 1. The first-order valence-electron chi connectivity index (χ1n) is 6.86. The van der Waals surface area contributed by atoms with Gasteiger partial charge in [-0.3, -0.25) is 9.59 Å². The fourth-order valence-electron chi connectivity index (χ4n) is 2.37. The molecule has 2 rings (SSSR count). The van der Waals surface area contributed by atoms with Crippen molar-refractivity contribution in [3.8, 4) is 5.75 Å². The molecule has 108 valence electrons. The summed E-state index contributed by atoms with van der Waals surface area (Å²) in [6.07, 6.45) is 2.24. The molecule has 1 atom stereocenters. The SMILES string of the molecule is CC1CCCN(C(=O)COc2ccc(C(N)=O)cc2)C1. The number of hydrogen-bond acceptors (Lipinski definition) is 3. The number of benzene rings is 1. The van der Waals surface area contributed by atoms with Gasteiger partial charge < -0.3 is 15.4 Å². The molecule has 1 aromatic rings. The lowest BCUT2D eigenvalue weighted by Gasteiger charge is -2.30. The number of rotatable bonds is 4. The molecule has 1 saturated heterocycles. The number of nitrogens with zero attached hydrogens (tertiary/aromatic N) is 1. The van der Waals surface area contributed by atoms with Crippen molar-refractivity contribution in [2.75, 3.05) is 19.7 Å². The van der Waals surface area contributed by atoms with E-state index >= 15 is 0 Å². The first-order chi connectivity index (χ1) is 9.56. The first-order valence-corrected chi connectivity index (χ1v) is 6.86. The summed E-state index contributed by atoms with van der Waals surface area (Å²) in [5.74, 6) is 0.654. The van der Waals surface area contributed by atoms with Gasteiger partial charge in [-0.15, -0.1) is 0 Å². The maximum absolute atomic E-state index is 12.0. The van der Waals surface area contributed by atoms with E-state index in [1.54, 1.807) is 24.3 Å². The van der Waals surface area contributed by atoms with Crippen molar-refractivity contribution in [1.82, 2.24) is 4.90 Å². The normalized spacial score (nSPS) is 18.6. The Labute approximate surface area is 118 Å². The molecule has 0 aliphatic carbocycles. The van der Waals surface area contributed by atoms with Crippen LogP contribution in [0.2, 0.25) is 0 Å². The van der Waals surface area contributed by atoms with Gasteiger partial charge in [0.05, 0.1) is 0 Å². The van der Waals surface area contributed by atoms with Gasteiger partial charge in [0.25, 0.3) is 5.91 Å². The molecule has 2 amide bonds. The minimum Gasteiger partial charge on any atom is -0.484 e. The molecule has 0 spiro atoms. The standard InChI is InChI=1S/C15H20N2O3/c1-11-3-2-8-17(9-11)14(18)10-20-13-6-4-12(5-7-13)15(16)19/h4-7,11H,2-3,8-10H2,1H3,(H2,16,19). The second kappa shape index (κ2) is 6.41. The number of likely N-dealkylation sites (tertiary alicyclic amines) is 1. The minimum atomic E-state index is -0.477. The van der Waals surface area contributed by atoms with Gasteiger partial charge in [0.15, 0.2) is 6.61 Å². The van der Waals surface area contributed by atoms with Crippen molar-refractivity contribution < 1.29 is 14.3 Å². The van der Waals surface area contributed by atoms with E-state index in [2.05, 4.69) is 6.92 Å². The molecule has 1 fully saturated rings. The average Bonchev–Trinajstić information content (AvgIpc) is 2.45. The smallest absolute Gasteiger partial charge is 0.260 e. The molecule has 0 saturated carbocycles. The quantitative estimate of drug-likeness (QED) is 0.904. The number of carbonyl (C=O) groups excluding carboxylic acids is 2. The van der Waals surface area contributed by atoms with Crippen molar-refractivity contribution >= 4 is 11.8 Å². The molecule has 0 bridgehead atoms. The molecule has 1 heterocycles. The molecular formula is C15H20N2O3. The highest BCUT2D eigenvalue weighted by Crippen LogP contribution is 2.16. The highest BCUT2D eigenvalue weighted by molar-refractivity contribution is 5.92. The van der Waals surface area contributed by atoms with Crippen molar-refractivity contribution in [3.63, 3.8) is 0 Å². The molecule has 1 aromatic carbocycles. The number of amides is 2. The zero-order chi connectivity index (χ0) is 14.5. The zero-order valence-electron chi connectivity index (χ0n) is 11.7. The average molecular weight is 276 g/mol. The van der Waals surface area contributed by atoms with Crippen molar-refractivity contribution in [3.05, 3.63) is 29.8 Å². The number of ether oxygens (including phenoxy) is 1. The topological polar surface area (TPSA) is 72.6 Å². The highest BCUT2D eigenvalue weighted by atomic mass is 16.5. The van der Waals surface area contributed by atoms with E-state index < -0.39 is 5.91 Å². The third-order valence-corrected chi connectivity index (χ3v) is 3.51. The monoisotopic (exact) mass is 276 g/mol. The second-order valence-electron chi connectivity index (χ2n) is 5.26. The van der Waals surface area contributed by atoms with E-state index in [1.165, 1.54) is 6.42 Å². The molecule has 5 nitrogen and oxygen atoms in total. The lowest BCUT2D eigenvalue weighted by Crippen LogP contribution is -2.41. The van der Waals surface area contributed by atoms with Crippen LogP contribution in [0.1, 0.15) is 30.1 Å². The summed E-state index contributed by atoms with van der Waals surface area (Å²) in [4.78, 5) is 24.8. The molecule has 1 unspecified atom stereocenters. The Morgan fingerprint density at radius 2 is 2.05 bits per heavy atom. The van der Waals surface area contributed by atoms with Crippen LogP contribution in [0.4, 0.5) is 0 Å². The Morgan fingerprint density at radius 3 is 2.65 bits per heavy atom. The van der Waals surface area contributed by atoms with Gasteiger partial charge in [-0.1, -0.05) is 6.92 Å². The van der Waals surface area contributed by atoms with Gasteiger partial charge in [-0.25, -0.2) is 0 Å². The van der Waals surface area contributed by atoms with E-state index in [-0.39, 0.29) is 12.5 Å². The van der Waals surface area contributed by atoms with E-state index in [4.69, 9.17) is 10.5 Å². The van der Waals surface area contributed by atoms with Crippen LogP contribution in [0.3, 0.4) is 0 Å². The summed E-state index contributed by atoms with van der Waals surface area (Å²) in [7, 11) is 0. The van der Waals surface area contributed by atoms with Crippen LogP contribution in [0, 0.1) is 5.92 Å². The van der Waals surface area contributed by atoms with E-state index in [9.17, 15) is 9.59 Å². The minimum absolute atomic E-state index is 0.00975. The summed E-state index contributed by atoms with van der Waals surface area (Å²) in [6, 6.07) is 6.47.